The molecule has 1 heterocycles. The Morgan fingerprint density at radius 2 is 2.00 bits per heavy atom. The van der Waals surface area contributed by atoms with Crippen molar-refractivity contribution >= 4 is 18.0 Å². The van der Waals surface area contributed by atoms with E-state index >= 15 is 0 Å². The number of hydrogen-bond acceptors (Lipinski definition) is 5. The summed E-state index contributed by atoms with van der Waals surface area (Å²) in [6, 6.07) is 4.51. The lowest BCUT2D eigenvalue weighted by Gasteiger charge is -2.26. The third-order valence-corrected chi connectivity index (χ3v) is 4.01. The van der Waals surface area contributed by atoms with Crippen LogP contribution in [0.15, 0.2) is 29.8 Å². The van der Waals surface area contributed by atoms with Crippen LogP contribution in [0.25, 0.3) is 6.08 Å². The van der Waals surface area contributed by atoms with E-state index in [2.05, 4.69) is 0 Å². The van der Waals surface area contributed by atoms with Crippen molar-refractivity contribution in [3.8, 4) is 0 Å². The van der Waals surface area contributed by atoms with Crippen LogP contribution in [0, 0.1) is 5.41 Å². The predicted octanol–water partition coefficient (Wildman–Crippen LogP) is 3.36. The van der Waals surface area contributed by atoms with Crippen LogP contribution in [0.1, 0.15) is 38.3 Å². The first-order valence-corrected chi connectivity index (χ1v) is 8.26. The number of cyclic esters (lactones) is 1. The van der Waals surface area contributed by atoms with Gasteiger partial charge in [-0.05, 0) is 44.5 Å². The van der Waals surface area contributed by atoms with Crippen molar-refractivity contribution in [3.05, 3.63) is 41.0 Å². The maximum atomic E-state index is 12.8. The minimum atomic E-state index is -4.50. The van der Waals surface area contributed by atoms with Crippen molar-refractivity contribution in [2.45, 2.75) is 39.0 Å². The first kappa shape index (κ1) is 21.0. The smallest absolute Gasteiger partial charge is 0.416 e. The highest BCUT2D eigenvalue weighted by molar-refractivity contribution is 5.96. The molecule has 0 spiro atoms. The molecule has 8 heteroatoms. The van der Waals surface area contributed by atoms with Gasteiger partial charge >= 0.3 is 18.1 Å². The number of halogens is 3. The fraction of sp³-hybridized carbons (Fsp3) is 0.474. The summed E-state index contributed by atoms with van der Waals surface area (Å²) in [5, 5.41) is 9.64. The molecule has 0 amide bonds. The van der Waals surface area contributed by atoms with Crippen molar-refractivity contribution < 1.29 is 37.3 Å². The summed E-state index contributed by atoms with van der Waals surface area (Å²) >= 11 is 0. The monoisotopic (exact) mass is 386 g/mol. The van der Waals surface area contributed by atoms with E-state index in [1.165, 1.54) is 18.2 Å². The maximum absolute atomic E-state index is 12.8. The zero-order valence-corrected chi connectivity index (χ0v) is 15.2. The summed E-state index contributed by atoms with van der Waals surface area (Å²) in [6.07, 6.45) is -3.31. The fourth-order valence-electron chi connectivity index (χ4n) is 2.46. The van der Waals surface area contributed by atoms with Crippen LogP contribution in [0.2, 0.25) is 0 Å². The molecular weight excluding hydrogens is 365 g/mol. The lowest BCUT2D eigenvalue weighted by atomic mass is 9.96. The Balaban J connectivity index is 2.20. The molecular formula is C19H21F3O5. The van der Waals surface area contributed by atoms with Crippen LogP contribution in [-0.2, 0) is 25.2 Å². The van der Waals surface area contributed by atoms with E-state index in [1.807, 2.05) is 0 Å². The SMILES string of the molecule is CC(C)(C)C(=O)OCC1(CO)C/C(=C/c2cccc(C(F)(F)F)c2)C(=O)O1. The molecule has 1 unspecified atom stereocenters. The molecule has 5 nitrogen and oxygen atoms in total. The van der Waals surface area contributed by atoms with Gasteiger partial charge in [0.25, 0.3) is 0 Å². The highest BCUT2D eigenvalue weighted by Gasteiger charge is 2.45. The minimum Gasteiger partial charge on any atom is -0.461 e. The van der Waals surface area contributed by atoms with E-state index in [1.54, 1.807) is 20.8 Å². The number of ether oxygens (including phenoxy) is 2. The second-order valence-corrected chi connectivity index (χ2v) is 7.53. The second-order valence-electron chi connectivity index (χ2n) is 7.53. The Hall–Kier alpha value is -2.35. The zero-order valence-electron chi connectivity index (χ0n) is 15.2. The highest BCUT2D eigenvalue weighted by Crippen LogP contribution is 2.34. The zero-order chi connectivity index (χ0) is 20.5. The Kier molecular flexibility index (Phi) is 5.70. The van der Waals surface area contributed by atoms with Gasteiger partial charge in [-0.1, -0.05) is 12.1 Å². The van der Waals surface area contributed by atoms with Crippen LogP contribution >= 0.6 is 0 Å². The number of esters is 2. The van der Waals surface area contributed by atoms with Gasteiger partial charge in [-0.2, -0.15) is 13.2 Å². The summed E-state index contributed by atoms with van der Waals surface area (Å²) < 4.78 is 48.8. The lowest BCUT2D eigenvalue weighted by molar-refractivity contribution is -0.171. The largest absolute Gasteiger partial charge is 0.461 e. The van der Waals surface area contributed by atoms with Crippen LogP contribution in [0.3, 0.4) is 0 Å². The standard InChI is InChI=1S/C19H21F3O5/c1-17(2,3)16(25)26-11-18(10-23)9-13(15(24)27-18)7-12-5-4-6-14(8-12)19(20,21)22/h4-8,23H,9-11H2,1-3H3/b13-7-. The summed E-state index contributed by atoms with van der Waals surface area (Å²) in [7, 11) is 0. The molecule has 27 heavy (non-hydrogen) atoms. The Morgan fingerprint density at radius 3 is 2.56 bits per heavy atom. The van der Waals surface area contributed by atoms with Crippen LogP contribution in [0.4, 0.5) is 13.2 Å². The summed E-state index contributed by atoms with van der Waals surface area (Å²) in [5.41, 5.74) is -2.77. The number of aliphatic hydroxyl groups excluding tert-OH is 1. The Morgan fingerprint density at radius 1 is 1.33 bits per heavy atom. The van der Waals surface area contributed by atoms with E-state index in [9.17, 15) is 27.9 Å². The molecule has 0 saturated carbocycles. The van der Waals surface area contributed by atoms with Crippen LogP contribution in [-0.4, -0.2) is 35.9 Å². The average Bonchev–Trinajstić information content (AvgIpc) is 2.88. The molecule has 0 bridgehead atoms. The second kappa shape index (κ2) is 7.34. The Labute approximate surface area is 154 Å². The topological polar surface area (TPSA) is 72.8 Å². The van der Waals surface area contributed by atoms with E-state index < -0.39 is 41.3 Å². The van der Waals surface area contributed by atoms with Crippen molar-refractivity contribution in [3.63, 3.8) is 0 Å². The van der Waals surface area contributed by atoms with Gasteiger partial charge in [0.2, 0.25) is 0 Å². The van der Waals surface area contributed by atoms with Gasteiger partial charge in [0, 0.05) is 12.0 Å². The molecule has 1 aromatic rings. The van der Waals surface area contributed by atoms with E-state index in [4.69, 9.17) is 9.47 Å². The van der Waals surface area contributed by atoms with Gasteiger partial charge in [-0.15, -0.1) is 0 Å². The van der Waals surface area contributed by atoms with Crippen molar-refractivity contribution in [2.24, 2.45) is 5.41 Å². The minimum absolute atomic E-state index is 0.0873. The fourth-order valence-corrected chi connectivity index (χ4v) is 2.46. The summed E-state index contributed by atoms with van der Waals surface area (Å²) in [6.45, 7) is 4.03. The number of hydrogen-bond donors (Lipinski definition) is 1. The molecule has 0 aromatic heterocycles. The van der Waals surface area contributed by atoms with E-state index in [0.29, 0.717) is 0 Å². The van der Waals surface area contributed by atoms with Gasteiger partial charge in [-0.3, -0.25) is 4.79 Å². The summed E-state index contributed by atoms with van der Waals surface area (Å²) in [5.74, 6) is -1.30. The molecule has 148 valence electrons. The number of rotatable bonds is 4. The normalized spacial score (nSPS) is 22.0. The predicted molar refractivity (Wildman–Crippen MR) is 90.4 cm³/mol. The van der Waals surface area contributed by atoms with Gasteiger partial charge < -0.3 is 14.6 Å². The third-order valence-electron chi connectivity index (χ3n) is 4.01. The molecule has 2 rings (SSSR count). The highest BCUT2D eigenvalue weighted by atomic mass is 19.4. The van der Waals surface area contributed by atoms with Crippen LogP contribution in [0.5, 0.6) is 0 Å². The number of alkyl halides is 3. The molecule has 1 aliphatic rings. The van der Waals surface area contributed by atoms with Gasteiger partial charge in [-0.25, -0.2) is 4.79 Å². The first-order chi connectivity index (χ1) is 12.4. The molecule has 1 fully saturated rings. The average molecular weight is 386 g/mol. The molecule has 1 aromatic carbocycles. The number of benzene rings is 1. The van der Waals surface area contributed by atoms with E-state index in [0.717, 1.165) is 12.1 Å². The Bertz CT molecular complexity index is 761. The van der Waals surface area contributed by atoms with Crippen molar-refractivity contribution in [1.29, 1.82) is 0 Å². The van der Waals surface area contributed by atoms with Crippen LogP contribution < -0.4 is 0 Å². The molecule has 1 aliphatic heterocycles. The number of carbonyl (C=O) groups is 2. The maximum Gasteiger partial charge on any atom is 0.416 e. The molecule has 1 atom stereocenters. The quantitative estimate of drug-likeness (QED) is 0.635. The number of carbonyl (C=O) groups excluding carboxylic acids is 2. The lowest BCUT2D eigenvalue weighted by Crippen LogP contribution is -2.40. The van der Waals surface area contributed by atoms with Crippen molar-refractivity contribution in [1.82, 2.24) is 0 Å². The molecule has 0 radical (unpaired) electrons. The molecule has 1 N–H and O–H groups in total. The summed E-state index contributed by atoms with van der Waals surface area (Å²) in [4.78, 5) is 24.0. The van der Waals surface area contributed by atoms with Gasteiger partial charge in [0.15, 0.2) is 5.60 Å². The first-order valence-electron chi connectivity index (χ1n) is 8.26. The van der Waals surface area contributed by atoms with Crippen molar-refractivity contribution in [2.75, 3.05) is 13.2 Å². The third kappa shape index (κ3) is 5.09. The van der Waals surface area contributed by atoms with Gasteiger partial charge in [0.1, 0.15) is 6.61 Å². The number of aliphatic hydroxyl groups is 1. The molecule has 1 saturated heterocycles. The van der Waals surface area contributed by atoms with Gasteiger partial charge in [0.05, 0.1) is 17.6 Å². The van der Waals surface area contributed by atoms with E-state index in [-0.39, 0.29) is 24.2 Å². The molecule has 0 aliphatic carbocycles.